The quantitative estimate of drug-likeness (QED) is 0.638. The van der Waals surface area contributed by atoms with Gasteiger partial charge in [-0.2, -0.15) is 0 Å². The molecular weight excluding hydrogens is 148 g/mol. The molecule has 0 aromatic heterocycles. The van der Waals surface area contributed by atoms with Gasteiger partial charge in [-0.15, -0.1) is 0 Å². The lowest BCUT2D eigenvalue weighted by molar-refractivity contribution is 0.268. The SMILES string of the molecule is [CH2]C(O)/C=C(\C)CCC=C(C)C. The summed E-state index contributed by atoms with van der Waals surface area (Å²) < 4.78 is 0. The molecule has 1 radical (unpaired) electrons. The molecule has 1 heteroatoms. The van der Waals surface area contributed by atoms with E-state index in [0.29, 0.717) is 0 Å². The van der Waals surface area contributed by atoms with Crippen LogP contribution in [-0.4, -0.2) is 11.2 Å². The molecule has 0 aromatic carbocycles. The van der Waals surface area contributed by atoms with Crippen molar-refractivity contribution in [3.63, 3.8) is 0 Å². The normalized spacial score (nSPS) is 14.2. The van der Waals surface area contributed by atoms with Crippen molar-refractivity contribution in [1.29, 1.82) is 0 Å². The lowest BCUT2D eigenvalue weighted by Gasteiger charge is -2.00. The number of allylic oxidation sites excluding steroid dienone is 3. The Labute approximate surface area is 75.8 Å². The zero-order valence-electron chi connectivity index (χ0n) is 8.30. The van der Waals surface area contributed by atoms with Crippen LogP contribution in [0.4, 0.5) is 0 Å². The van der Waals surface area contributed by atoms with Crippen LogP contribution in [0.3, 0.4) is 0 Å². The average Bonchev–Trinajstić information content (AvgIpc) is 1.84. The van der Waals surface area contributed by atoms with Crippen LogP contribution in [0.5, 0.6) is 0 Å². The molecule has 0 aliphatic heterocycles. The molecule has 0 saturated heterocycles. The molecule has 1 nitrogen and oxygen atoms in total. The minimum Gasteiger partial charge on any atom is -0.389 e. The fraction of sp³-hybridized carbons (Fsp3) is 0.545. The summed E-state index contributed by atoms with van der Waals surface area (Å²) in [6, 6.07) is 0. The highest BCUT2D eigenvalue weighted by molar-refractivity contribution is 5.05. The van der Waals surface area contributed by atoms with E-state index in [1.54, 1.807) is 6.08 Å². The van der Waals surface area contributed by atoms with E-state index in [-0.39, 0.29) is 0 Å². The van der Waals surface area contributed by atoms with E-state index in [4.69, 9.17) is 5.11 Å². The first-order chi connectivity index (χ1) is 5.52. The monoisotopic (exact) mass is 167 g/mol. The summed E-state index contributed by atoms with van der Waals surface area (Å²) >= 11 is 0. The Balaban J connectivity index is 3.71. The van der Waals surface area contributed by atoms with Crippen LogP contribution in [0.15, 0.2) is 23.3 Å². The Morgan fingerprint density at radius 3 is 2.42 bits per heavy atom. The minimum absolute atomic E-state index is 0.559. The molecule has 0 fully saturated rings. The lowest BCUT2D eigenvalue weighted by Crippen LogP contribution is -1.94. The topological polar surface area (TPSA) is 20.2 Å². The van der Waals surface area contributed by atoms with E-state index in [1.165, 1.54) is 11.1 Å². The number of aliphatic hydroxyl groups excluding tert-OH is 1. The first-order valence-electron chi connectivity index (χ1n) is 4.34. The number of hydrogen-bond acceptors (Lipinski definition) is 1. The zero-order valence-corrected chi connectivity index (χ0v) is 8.30. The summed E-state index contributed by atoms with van der Waals surface area (Å²) in [6.07, 6.45) is 5.50. The van der Waals surface area contributed by atoms with Crippen molar-refractivity contribution in [2.75, 3.05) is 0 Å². The van der Waals surface area contributed by atoms with Crippen LogP contribution in [0.1, 0.15) is 33.6 Å². The Morgan fingerprint density at radius 2 is 2.00 bits per heavy atom. The van der Waals surface area contributed by atoms with Gasteiger partial charge in [0.25, 0.3) is 0 Å². The molecule has 0 bridgehead atoms. The molecule has 0 rings (SSSR count). The van der Waals surface area contributed by atoms with E-state index in [0.717, 1.165) is 12.8 Å². The highest BCUT2D eigenvalue weighted by Gasteiger charge is 1.92. The molecule has 0 heterocycles. The highest BCUT2D eigenvalue weighted by Crippen LogP contribution is 2.07. The van der Waals surface area contributed by atoms with E-state index in [1.807, 2.05) is 6.92 Å². The van der Waals surface area contributed by atoms with Crippen LogP contribution < -0.4 is 0 Å². The molecule has 0 aliphatic rings. The Morgan fingerprint density at radius 1 is 1.42 bits per heavy atom. The van der Waals surface area contributed by atoms with Crippen LogP contribution in [-0.2, 0) is 0 Å². The van der Waals surface area contributed by atoms with Gasteiger partial charge >= 0.3 is 0 Å². The van der Waals surface area contributed by atoms with Crippen molar-refractivity contribution in [2.24, 2.45) is 0 Å². The van der Waals surface area contributed by atoms with Gasteiger partial charge in [0.2, 0.25) is 0 Å². The van der Waals surface area contributed by atoms with Crippen molar-refractivity contribution in [2.45, 2.75) is 39.7 Å². The number of aliphatic hydroxyl groups is 1. The standard InChI is InChI=1S/C11H19O/c1-9(2)6-5-7-10(3)8-11(4)12/h6,8,11-12H,4-5,7H2,1-3H3/b10-8+. The molecule has 0 saturated carbocycles. The van der Waals surface area contributed by atoms with Gasteiger partial charge in [0, 0.05) is 0 Å². The first kappa shape index (κ1) is 11.4. The summed E-state index contributed by atoms with van der Waals surface area (Å²) in [5.74, 6) is 0. The molecule has 1 unspecified atom stereocenters. The maximum Gasteiger partial charge on any atom is 0.0724 e. The van der Waals surface area contributed by atoms with Gasteiger partial charge in [-0.25, -0.2) is 0 Å². The molecule has 1 atom stereocenters. The summed E-state index contributed by atoms with van der Waals surface area (Å²) in [6.45, 7) is 9.69. The molecule has 0 amide bonds. The highest BCUT2D eigenvalue weighted by atomic mass is 16.3. The summed E-state index contributed by atoms with van der Waals surface area (Å²) in [7, 11) is 0. The van der Waals surface area contributed by atoms with Crippen molar-refractivity contribution < 1.29 is 5.11 Å². The Bertz CT molecular complexity index is 171. The van der Waals surface area contributed by atoms with E-state index < -0.39 is 6.10 Å². The van der Waals surface area contributed by atoms with E-state index in [9.17, 15) is 0 Å². The molecular formula is C11H19O. The van der Waals surface area contributed by atoms with E-state index >= 15 is 0 Å². The van der Waals surface area contributed by atoms with Crippen molar-refractivity contribution in [1.82, 2.24) is 0 Å². The number of hydrogen-bond donors (Lipinski definition) is 1. The predicted molar refractivity (Wildman–Crippen MR) is 53.8 cm³/mol. The Hall–Kier alpha value is -0.560. The van der Waals surface area contributed by atoms with Gasteiger partial charge in [-0.3, -0.25) is 0 Å². The average molecular weight is 167 g/mol. The van der Waals surface area contributed by atoms with Gasteiger partial charge < -0.3 is 5.11 Å². The van der Waals surface area contributed by atoms with Gasteiger partial charge in [0.05, 0.1) is 6.10 Å². The first-order valence-corrected chi connectivity index (χ1v) is 4.34. The molecule has 1 N–H and O–H groups in total. The number of rotatable bonds is 4. The van der Waals surface area contributed by atoms with Crippen LogP contribution in [0.2, 0.25) is 0 Å². The fourth-order valence-electron chi connectivity index (χ4n) is 1.00. The smallest absolute Gasteiger partial charge is 0.0724 e. The third-order valence-electron chi connectivity index (χ3n) is 1.57. The molecule has 0 spiro atoms. The minimum atomic E-state index is -0.559. The van der Waals surface area contributed by atoms with Crippen LogP contribution in [0, 0.1) is 6.92 Å². The molecule has 69 valence electrons. The second-order valence-electron chi connectivity index (χ2n) is 3.40. The third-order valence-corrected chi connectivity index (χ3v) is 1.57. The molecule has 0 aromatic rings. The van der Waals surface area contributed by atoms with Crippen molar-refractivity contribution in [3.05, 3.63) is 30.2 Å². The van der Waals surface area contributed by atoms with Crippen LogP contribution in [0.25, 0.3) is 0 Å². The zero-order chi connectivity index (χ0) is 9.56. The van der Waals surface area contributed by atoms with Crippen molar-refractivity contribution >= 4 is 0 Å². The molecule has 0 aliphatic carbocycles. The van der Waals surface area contributed by atoms with Crippen LogP contribution >= 0.6 is 0 Å². The second kappa shape index (κ2) is 6.01. The summed E-state index contributed by atoms with van der Waals surface area (Å²) in [5, 5.41) is 8.93. The predicted octanol–water partition coefficient (Wildman–Crippen LogP) is 2.87. The fourth-order valence-corrected chi connectivity index (χ4v) is 1.00. The summed E-state index contributed by atoms with van der Waals surface area (Å²) in [4.78, 5) is 0. The maximum absolute atomic E-state index is 8.93. The van der Waals surface area contributed by atoms with Gasteiger partial charge in [-0.1, -0.05) is 23.3 Å². The van der Waals surface area contributed by atoms with Gasteiger partial charge in [-0.05, 0) is 40.5 Å². The van der Waals surface area contributed by atoms with E-state index in [2.05, 4.69) is 26.8 Å². The maximum atomic E-state index is 8.93. The van der Waals surface area contributed by atoms with Gasteiger partial charge in [0.15, 0.2) is 0 Å². The summed E-state index contributed by atoms with van der Waals surface area (Å²) in [5.41, 5.74) is 2.55. The largest absolute Gasteiger partial charge is 0.389 e. The van der Waals surface area contributed by atoms with Gasteiger partial charge in [0.1, 0.15) is 0 Å². The third kappa shape index (κ3) is 7.55. The Kier molecular flexibility index (Phi) is 5.73. The lowest BCUT2D eigenvalue weighted by atomic mass is 10.1. The van der Waals surface area contributed by atoms with Crippen molar-refractivity contribution in [3.8, 4) is 0 Å². The second-order valence-corrected chi connectivity index (χ2v) is 3.40. The molecule has 12 heavy (non-hydrogen) atoms.